The van der Waals surface area contributed by atoms with Crippen molar-refractivity contribution < 1.29 is 14.3 Å². The van der Waals surface area contributed by atoms with E-state index < -0.39 is 0 Å². The van der Waals surface area contributed by atoms with Crippen LogP contribution in [0.25, 0.3) is 0 Å². The van der Waals surface area contributed by atoms with Gasteiger partial charge in [0.25, 0.3) is 0 Å². The Morgan fingerprint density at radius 2 is 1.70 bits per heavy atom. The number of carbonyl (C=O) groups excluding carboxylic acids is 1. The fraction of sp³-hybridized carbons (Fsp3) is 0.167. The number of methoxy groups -OCH3 is 1. The Balaban J connectivity index is 1.62. The lowest BCUT2D eigenvalue weighted by atomic mass is 10.1. The van der Waals surface area contributed by atoms with Crippen molar-refractivity contribution in [1.82, 2.24) is 5.43 Å². The molecular weight excluding hydrogens is 400 g/mol. The Morgan fingerprint density at radius 3 is 2.40 bits per heavy atom. The van der Waals surface area contributed by atoms with Crippen molar-refractivity contribution in [3.05, 3.63) is 94.5 Å². The highest BCUT2D eigenvalue weighted by molar-refractivity contribution is 6.30. The molecule has 1 N–H and O–H groups in total. The average Bonchev–Trinajstić information content (AvgIpc) is 2.78. The molecule has 0 radical (unpaired) electrons. The summed E-state index contributed by atoms with van der Waals surface area (Å²) in [5, 5.41) is 4.84. The van der Waals surface area contributed by atoms with Gasteiger partial charge in [-0.25, -0.2) is 5.43 Å². The van der Waals surface area contributed by atoms with Gasteiger partial charge in [-0.3, -0.25) is 4.79 Å². The molecule has 0 aliphatic heterocycles. The van der Waals surface area contributed by atoms with Crippen molar-refractivity contribution in [2.45, 2.75) is 20.0 Å². The minimum atomic E-state index is -0.202. The molecule has 0 heterocycles. The maximum atomic E-state index is 12.1. The summed E-state index contributed by atoms with van der Waals surface area (Å²) in [4.78, 5) is 12.1. The van der Waals surface area contributed by atoms with E-state index in [0.717, 1.165) is 16.7 Å². The molecule has 0 atom stereocenters. The molecule has 0 bridgehead atoms. The maximum absolute atomic E-state index is 12.1. The van der Waals surface area contributed by atoms with Crippen LogP contribution in [0.5, 0.6) is 11.5 Å². The van der Waals surface area contributed by atoms with Gasteiger partial charge in [-0.2, -0.15) is 5.10 Å². The van der Waals surface area contributed by atoms with Crippen LogP contribution < -0.4 is 14.9 Å². The number of amides is 1. The predicted molar refractivity (Wildman–Crippen MR) is 119 cm³/mol. The van der Waals surface area contributed by atoms with Crippen molar-refractivity contribution in [3.8, 4) is 11.5 Å². The Bertz CT molecular complexity index is 1020. The summed E-state index contributed by atoms with van der Waals surface area (Å²) in [6, 6.07) is 22.6. The molecule has 0 aliphatic rings. The van der Waals surface area contributed by atoms with E-state index in [1.165, 1.54) is 0 Å². The number of nitrogens with zero attached hydrogens (tertiary/aromatic N) is 1. The molecule has 0 aromatic heterocycles. The monoisotopic (exact) mass is 422 g/mol. The highest BCUT2D eigenvalue weighted by Gasteiger charge is 2.09. The molecule has 6 heteroatoms. The van der Waals surface area contributed by atoms with Gasteiger partial charge in [-0.05, 0) is 48.4 Å². The molecule has 0 spiro atoms. The molecule has 3 rings (SSSR count). The third-order valence-electron chi connectivity index (χ3n) is 4.44. The zero-order valence-electron chi connectivity index (χ0n) is 16.9. The highest BCUT2D eigenvalue weighted by atomic mass is 35.5. The molecule has 0 unspecified atom stereocenters. The van der Waals surface area contributed by atoms with Crippen LogP contribution in [0.2, 0.25) is 5.02 Å². The van der Waals surface area contributed by atoms with Gasteiger partial charge in [0.15, 0.2) is 11.5 Å². The largest absolute Gasteiger partial charge is 0.493 e. The molecule has 5 nitrogen and oxygen atoms in total. The van der Waals surface area contributed by atoms with Crippen molar-refractivity contribution in [2.24, 2.45) is 5.10 Å². The average molecular weight is 423 g/mol. The Labute approximate surface area is 181 Å². The van der Waals surface area contributed by atoms with Crippen molar-refractivity contribution in [3.63, 3.8) is 0 Å². The third-order valence-corrected chi connectivity index (χ3v) is 4.70. The zero-order valence-corrected chi connectivity index (χ0v) is 17.6. The van der Waals surface area contributed by atoms with Gasteiger partial charge < -0.3 is 9.47 Å². The number of hydrogen-bond acceptors (Lipinski definition) is 4. The van der Waals surface area contributed by atoms with Crippen molar-refractivity contribution in [2.75, 3.05) is 7.11 Å². The van der Waals surface area contributed by atoms with Crippen LogP contribution in [-0.4, -0.2) is 18.7 Å². The molecule has 154 valence electrons. The molecule has 3 aromatic carbocycles. The molecule has 0 aliphatic carbocycles. The van der Waals surface area contributed by atoms with E-state index in [9.17, 15) is 4.79 Å². The zero-order chi connectivity index (χ0) is 21.3. The number of halogens is 1. The van der Waals surface area contributed by atoms with Gasteiger partial charge in [0.1, 0.15) is 6.61 Å². The first-order valence-corrected chi connectivity index (χ1v) is 9.85. The number of hydrazone groups is 1. The van der Waals surface area contributed by atoms with E-state index in [1.54, 1.807) is 19.2 Å². The van der Waals surface area contributed by atoms with E-state index in [0.29, 0.717) is 28.8 Å². The Morgan fingerprint density at radius 1 is 0.967 bits per heavy atom. The third kappa shape index (κ3) is 6.09. The van der Waals surface area contributed by atoms with Gasteiger partial charge in [-0.1, -0.05) is 54.1 Å². The van der Waals surface area contributed by atoms with Crippen LogP contribution in [0.4, 0.5) is 0 Å². The SMILES string of the molecule is COc1cc(/C(C)=N/NC(=O)Cc2ccc(Cl)cc2)ccc1OCc1ccccc1. The topological polar surface area (TPSA) is 59.9 Å². The van der Waals surface area contributed by atoms with Crippen LogP contribution in [0.1, 0.15) is 23.6 Å². The van der Waals surface area contributed by atoms with Gasteiger partial charge in [0, 0.05) is 10.6 Å². The minimum Gasteiger partial charge on any atom is -0.493 e. The van der Waals surface area contributed by atoms with Crippen LogP contribution in [0.15, 0.2) is 77.9 Å². The lowest BCUT2D eigenvalue weighted by Crippen LogP contribution is -2.21. The summed E-state index contributed by atoms with van der Waals surface area (Å²) in [6.07, 6.45) is 0.226. The predicted octanol–water partition coefficient (Wildman–Crippen LogP) is 5.01. The molecule has 0 fully saturated rings. The Kier molecular flexibility index (Phi) is 7.46. The first-order chi connectivity index (χ1) is 14.5. The summed E-state index contributed by atoms with van der Waals surface area (Å²) in [7, 11) is 1.59. The van der Waals surface area contributed by atoms with Gasteiger partial charge >= 0.3 is 0 Å². The van der Waals surface area contributed by atoms with Crippen LogP contribution in [0.3, 0.4) is 0 Å². The summed E-state index contributed by atoms with van der Waals surface area (Å²) in [5.74, 6) is 1.04. The van der Waals surface area contributed by atoms with Gasteiger partial charge in [0.05, 0.1) is 19.2 Å². The standard InChI is InChI=1S/C24H23ClN2O3/c1-17(26-27-24(28)14-18-8-11-21(25)12-9-18)20-10-13-22(23(15-20)29-2)30-16-19-6-4-3-5-7-19/h3-13,15H,14,16H2,1-2H3,(H,27,28)/b26-17+. The number of rotatable bonds is 8. The van der Waals surface area contributed by atoms with E-state index in [1.807, 2.05) is 67.6 Å². The molecule has 0 saturated heterocycles. The second-order valence-electron chi connectivity index (χ2n) is 6.68. The summed E-state index contributed by atoms with van der Waals surface area (Å²) >= 11 is 5.86. The minimum absolute atomic E-state index is 0.202. The second kappa shape index (κ2) is 10.5. The number of benzene rings is 3. The molecule has 0 saturated carbocycles. The quantitative estimate of drug-likeness (QED) is 0.410. The summed E-state index contributed by atoms with van der Waals surface area (Å²) < 4.78 is 11.3. The summed E-state index contributed by atoms with van der Waals surface area (Å²) in [5.41, 5.74) is 6.01. The fourth-order valence-corrected chi connectivity index (χ4v) is 2.91. The molecule has 30 heavy (non-hydrogen) atoms. The lowest BCUT2D eigenvalue weighted by molar-refractivity contribution is -0.120. The van der Waals surface area contributed by atoms with Crippen LogP contribution in [-0.2, 0) is 17.8 Å². The van der Waals surface area contributed by atoms with E-state index in [-0.39, 0.29) is 12.3 Å². The molecular formula is C24H23ClN2O3. The van der Waals surface area contributed by atoms with Crippen LogP contribution >= 0.6 is 11.6 Å². The maximum Gasteiger partial charge on any atom is 0.244 e. The first kappa shape index (κ1) is 21.4. The number of nitrogens with one attached hydrogen (secondary N) is 1. The van der Waals surface area contributed by atoms with Crippen LogP contribution in [0, 0.1) is 0 Å². The number of ether oxygens (including phenoxy) is 2. The fourth-order valence-electron chi connectivity index (χ4n) is 2.79. The number of hydrogen-bond donors (Lipinski definition) is 1. The van der Waals surface area contributed by atoms with Crippen molar-refractivity contribution in [1.29, 1.82) is 0 Å². The second-order valence-corrected chi connectivity index (χ2v) is 7.11. The normalized spacial score (nSPS) is 11.1. The summed E-state index contributed by atoms with van der Waals surface area (Å²) in [6.45, 7) is 2.27. The van der Waals surface area contributed by atoms with E-state index in [4.69, 9.17) is 21.1 Å². The molecule has 3 aromatic rings. The first-order valence-electron chi connectivity index (χ1n) is 9.48. The Hall–Kier alpha value is -3.31. The van der Waals surface area contributed by atoms with Gasteiger partial charge in [-0.15, -0.1) is 0 Å². The lowest BCUT2D eigenvalue weighted by Gasteiger charge is -2.12. The smallest absolute Gasteiger partial charge is 0.244 e. The number of carbonyl (C=O) groups is 1. The van der Waals surface area contributed by atoms with Crippen molar-refractivity contribution >= 4 is 23.2 Å². The van der Waals surface area contributed by atoms with E-state index >= 15 is 0 Å². The molecule has 1 amide bonds. The van der Waals surface area contributed by atoms with Gasteiger partial charge in [0.2, 0.25) is 5.91 Å². The highest BCUT2D eigenvalue weighted by Crippen LogP contribution is 2.29. The van der Waals surface area contributed by atoms with E-state index in [2.05, 4.69) is 10.5 Å².